The van der Waals surface area contributed by atoms with Crippen LogP contribution in [0.25, 0.3) is 22.2 Å². The van der Waals surface area contributed by atoms with Crippen molar-refractivity contribution in [3.05, 3.63) is 72.3 Å². The number of rotatable bonds is 5. The van der Waals surface area contributed by atoms with Crippen LogP contribution in [0.1, 0.15) is 5.56 Å². The van der Waals surface area contributed by atoms with Gasteiger partial charge >= 0.3 is 0 Å². The maximum Gasteiger partial charge on any atom is 0.262 e. The second-order valence-corrected chi connectivity index (χ2v) is 8.08. The highest BCUT2D eigenvalue weighted by Crippen LogP contribution is 2.30. The summed E-state index contributed by atoms with van der Waals surface area (Å²) in [7, 11) is -2.06. The number of fused-ring (bicyclic) bond motifs is 1. The number of nitrogens with zero attached hydrogens (tertiary/aromatic N) is 1. The first kappa shape index (κ1) is 18.1. The number of H-pyrrole nitrogens is 1. The molecule has 0 fully saturated rings. The van der Waals surface area contributed by atoms with E-state index in [4.69, 9.17) is 4.74 Å². The van der Waals surface area contributed by atoms with E-state index in [9.17, 15) is 8.42 Å². The standard InChI is InChI=1S/C21H19N3O3S/c1-14-5-3-4-6-20(14)28(25,26)24-16-9-12-19-18(13-16)21(23-22-19)15-7-10-17(27-2)11-8-15/h3-13,24H,1-2H3,(H,22,23). The van der Waals surface area contributed by atoms with Gasteiger partial charge in [0.1, 0.15) is 5.75 Å². The van der Waals surface area contributed by atoms with Crippen LogP contribution in [0.4, 0.5) is 5.69 Å². The SMILES string of the molecule is COc1ccc(-c2n[nH]c3ccc(NS(=O)(=O)c4ccccc4C)cc23)cc1. The molecular weight excluding hydrogens is 374 g/mol. The molecule has 0 bridgehead atoms. The highest BCUT2D eigenvalue weighted by Gasteiger charge is 2.17. The first-order chi connectivity index (χ1) is 13.5. The van der Waals surface area contributed by atoms with Crippen molar-refractivity contribution in [1.82, 2.24) is 10.2 Å². The molecular formula is C21H19N3O3S. The van der Waals surface area contributed by atoms with Gasteiger partial charge < -0.3 is 4.74 Å². The van der Waals surface area contributed by atoms with Gasteiger partial charge in [-0.25, -0.2) is 8.42 Å². The Balaban J connectivity index is 1.72. The molecule has 0 saturated heterocycles. The van der Waals surface area contributed by atoms with E-state index in [1.165, 1.54) is 0 Å². The van der Waals surface area contributed by atoms with Gasteiger partial charge in [0.25, 0.3) is 10.0 Å². The van der Waals surface area contributed by atoms with Gasteiger partial charge in [0.05, 0.1) is 23.2 Å². The van der Waals surface area contributed by atoms with E-state index in [0.29, 0.717) is 11.3 Å². The van der Waals surface area contributed by atoms with Crippen LogP contribution in [0.2, 0.25) is 0 Å². The van der Waals surface area contributed by atoms with Gasteiger partial charge in [0, 0.05) is 16.6 Å². The molecule has 1 heterocycles. The van der Waals surface area contributed by atoms with Crippen LogP contribution < -0.4 is 9.46 Å². The molecule has 4 aromatic rings. The van der Waals surface area contributed by atoms with Gasteiger partial charge in [-0.15, -0.1) is 0 Å². The van der Waals surface area contributed by atoms with Gasteiger partial charge in [-0.2, -0.15) is 5.10 Å². The summed E-state index contributed by atoms with van der Waals surface area (Å²) in [6.07, 6.45) is 0. The first-order valence-electron chi connectivity index (χ1n) is 8.69. The van der Waals surface area contributed by atoms with Crippen molar-refractivity contribution in [2.75, 3.05) is 11.8 Å². The predicted octanol–water partition coefficient (Wildman–Crippen LogP) is 4.35. The molecule has 0 aliphatic heterocycles. The number of aromatic amines is 1. The van der Waals surface area contributed by atoms with Crippen LogP contribution in [-0.4, -0.2) is 25.7 Å². The largest absolute Gasteiger partial charge is 0.497 e. The van der Waals surface area contributed by atoms with E-state index in [0.717, 1.165) is 27.9 Å². The first-order valence-corrected chi connectivity index (χ1v) is 10.2. The van der Waals surface area contributed by atoms with Crippen molar-refractivity contribution in [2.45, 2.75) is 11.8 Å². The quantitative estimate of drug-likeness (QED) is 0.528. The van der Waals surface area contributed by atoms with Crippen molar-refractivity contribution >= 4 is 26.6 Å². The zero-order chi connectivity index (χ0) is 19.7. The molecule has 0 aliphatic carbocycles. The second-order valence-electron chi connectivity index (χ2n) is 6.43. The second kappa shape index (κ2) is 7.01. The summed E-state index contributed by atoms with van der Waals surface area (Å²) < 4.78 is 33.4. The van der Waals surface area contributed by atoms with E-state index < -0.39 is 10.0 Å². The Hall–Kier alpha value is -3.32. The van der Waals surface area contributed by atoms with Crippen molar-refractivity contribution in [3.63, 3.8) is 0 Å². The van der Waals surface area contributed by atoms with Crippen LogP contribution in [-0.2, 0) is 10.0 Å². The molecule has 0 unspecified atom stereocenters. The fourth-order valence-electron chi connectivity index (χ4n) is 3.11. The highest BCUT2D eigenvalue weighted by atomic mass is 32.2. The summed E-state index contributed by atoms with van der Waals surface area (Å²) in [5.74, 6) is 0.760. The molecule has 0 saturated carbocycles. The number of aromatic nitrogens is 2. The fraction of sp³-hybridized carbons (Fsp3) is 0.0952. The minimum absolute atomic E-state index is 0.262. The predicted molar refractivity (Wildman–Crippen MR) is 110 cm³/mol. The summed E-state index contributed by atoms with van der Waals surface area (Å²) in [5, 5.41) is 8.20. The number of anilines is 1. The average Bonchev–Trinajstić information content (AvgIpc) is 3.11. The molecule has 6 nitrogen and oxygen atoms in total. The van der Waals surface area contributed by atoms with E-state index >= 15 is 0 Å². The Labute approximate surface area is 163 Å². The summed E-state index contributed by atoms with van der Waals surface area (Å²) in [6, 6.07) is 19.8. The number of benzene rings is 3. The number of nitrogens with one attached hydrogen (secondary N) is 2. The number of hydrogen-bond donors (Lipinski definition) is 2. The van der Waals surface area contributed by atoms with Crippen molar-refractivity contribution in [1.29, 1.82) is 0 Å². The average molecular weight is 393 g/mol. The Bertz CT molecular complexity index is 1250. The van der Waals surface area contributed by atoms with Crippen molar-refractivity contribution < 1.29 is 13.2 Å². The van der Waals surface area contributed by atoms with E-state index in [1.807, 2.05) is 36.4 Å². The third-order valence-corrected chi connectivity index (χ3v) is 6.10. The Morgan fingerprint density at radius 3 is 2.46 bits per heavy atom. The van der Waals surface area contributed by atoms with Gasteiger partial charge in [0.15, 0.2) is 0 Å². The van der Waals surface area contributed by atoms with Crippen LogP contribution >= 0.6 is 0 Å². The third-order valence-electron chi connectivity index (χ3n) is 4.56. The molecule has 0 atom stereocenters. The third kappa shape index (κ3) is 3.32. The molecule has 0 aliphatic rings. The molecule has 2 N–H and O–H groups in total. The molecule has 3 aromatic carbocycles. The van der Waals surface area contributed by atoms with Gasteiger partial charge in [-0.3, -0.25) is 9.82 Å². The molecule has 0 spiro atoms. The van der Waals surface area contributed by atoms with E-state index in [2.05, 4.69) is 14.9 Å². The molecule has 4 rings (SSSR count). The Kier molecular flexibility index (Phi) is 4.52. The van der Waals surface area contributed by atoms with Crippen molar-refractivity contribution in [3.8, 4) is 17.0 Å². The maximum absolute atomic E-state index is 12.8. The molecule has 28 heavy (non-hydrogen) atoms. The number of hydrogen-bond acceptors (Lipinski definition) is 4. The van der Waals surface area contributed by atoms with E-state index in [-0.39, 0.29) is 4.90 Å². The monoisotopic (exact) mass is 393 g/mol. The van der Waals surface area contributed by atoms with E-state index in [1.54, 1.807) is 44.4 Å². The summed E-state index contributed by atoms with van der Waals surface area (Å²) >= 11 is 0. The smallest absolute Gasteiger partial charge is 0.262 e. The summed E-state index contributed by atoms with van der Waals surface area (Å²) in [5.41, 5.74) is 3.65. The van der Waals surface area contributed by atoms with Gasteiger partial charge in [-0.05, 0) is 61.0 Å². The molecule has 7 heteroatoms. The normalized spacial score (nSPS) is 11.5. The Morgan fingerprint density at radius 2 is 1.75 bits per heavy atom. The number of aryl methyl sites for hydroxylation is 1. The lowest BCUT2D eigenvalue weighted by atomic mass is 10.1. The van der Waals surface area contributed by atoms with Gasteiger partial charge in [0.2, 0.25) is 0 Å². The number of methoxy groups -OCH3 is 1. The lowest BCUT2D eigenvalue weighted by molar-refractivity contribution is 0.415. The van der Waals surface area contributed by atoms with Crippen LogP contribution in [0, 0.1) is 6.92 Å². The topological polar surface area (TPSA) is 84.1 Å². The number of ether oxygens (including phenoxy) is 1. The zero-order valence-corrected chi connectivity index (χ0v) is 16.2. The molecule has 0 radical (unpaired) electrons. The molecule has 142 valence electrons. The molecule has 1 aromatic heterocycles. The fourth-order valence-corrected chi connectivity index (χ4v) is 4.41. The number of sulfonamides is 1. The van der Waals surface area contributed by atoms with Crippen molar-refractivity contribution in [2.24, 2.45) is 0 Å². The summed E-state index contributed by atoms with van der Waals surface area (Å²) in [4.78, 5) is 0.262. The Morgan fingerprint density at radius 1 is 1.00 bits per heavy atom. The van der Waals surface area contributed by atoms with Crippen LogP contribution in [0.15, 0.2) is 71.6 Å². The maximum atomic E-state index is 12.8. The minimum Gasteiger partial charge on any atom is -0.497 e. The molecule has 0 amide bonds. The minimum atomic E-state index is -3.68. The highest BCUT2D eigenvalue weighted by molar-refractivity contribution is 7.92. The lowest BCUT2D eigenvalue weighted by Gasteiger charge is -2.10. The van der Waals surface area contributed by atoms with Crippen LogP contribution in [0.5, 0.6) is 5.75 Å². The lowest BCUT2D eigenvalue weighted by Crippen LogP contribution is -2.14. The van der Waals surface area contributed by atoms with Gasteiger partial charge in [-0.1, -0.05) is 18.2 Å². The summed E-state index contributed by atoms with van der Waals surface area (Å²) in [6.45, 7) is 1.77. The van der Waals surface area contributed by atoms with Crippen LogP contribution in [0.3, 0.4) is 0 Å². The zero-order valence-electron chi connectivity index (χ0n) is 15.4.